The maximum Gasteiger partial charge on any atom is 0.390 e. The molecule has 0 aliphatic carbocycles. The molecule has 0 N–H and O–H groups in total. The Morgan fingerprint density at radius 1 is 1.18 bits per heavy atom. The van der Waals surface area contributed by atoms with E-state index >= 15 is 0 Å². The Morgan fingerprint density at radius 2 is 1.85 bits per heavy atom. The van der Waals surface area contributed by atoms with E-state index in [4.69, 9.17) is 11.6 Å². The maximum atomic E-state index is 13.3. The normalized spacial score (nSPS) is 13.0. The largest absolute Gasteiger partial charge is 0.390 e. The number of hydrogen-bond acceptors (Lipinski definition) is 7. The molecule has 0 spiro atoms. The minimum absolute atomic E-state index is 0.0504. The smallest absolute Gasteiger partial charge is 0.328 e. The number of rotatable bonds is 7. The molecule has 0 saturated heterocycles. The fraction of sp³-hybridized carbons (Fsp3) is 0.316. The van der Waals surface area contributed by atoms with Gasteiger partial charge < -0.3 is 4.90 Å². The number of benzene rings is 1. The molecule has 0 radical (unpaired) electrons. The van der Waals surface area contributed by atoms with Gasteiger partial charge in [-0.1, -0.05) is 11.6 Å². The number of nitrogens with zero attached hydrogens (tertiary/aromatic N) is 6. The van der Waals surface area contributed by atoms with Gasteiger partial charge in [-0.3, -0.25) is 4.79 Å². The molecule has 14 heteroatoms. The summed E-state index contributed by atoms with van der Waals surface area (Å²) < 4.78 is 64.2. The number of carbonyl (C=O) groups excluding carboxylic acids is 1. The molecule has 2 aromatic heterocycles. The zero-order valence-corrected chi connectivity index (χ0v) is 18.9. The van der Waals surface area contributed by atoms with Crippen LogP contribution in [-0.4, -0.2) is 62.9 Å². The van der Waals surface area contributed by atoms with Crippen molar-refractivity contribution in [2.75, 3.05) is 12.8 Å². The van der Waals surface area contributed by atoms with Crippen LogP contribution in [0.3, 0.4) is 0 Å². The lowest BCUT2D eigenvalue weighted by atomic mass is 10.1. The number of hydrogen-bond donors (Lipinski definition) is 0. The minimum atomic E-state index is -4.54. The Bertz CT molecular complexity index is 1250. The van der Waals surface area contributed by atoms with Crippen LogP contribution < -0.4 is 0 Å². The molecule has 1 unspecified atom stereocenters. The highest BCUT2D eigenvalue weighted by molar-refractivity contribution is 7.90. The highest BCUT2D eigenvalue weighted by atomic mass is 35.5. The van der Waals surface area contributed by atoms with E-state index in [9.17, 15) is 26.4 Å². The van der Waals surface area contributed by atoms with Crippen molar-refractivity contribution in [2.24, 2.45) is 0 Å². The molecule has 3 rings (SSSR count). The topological polar surface area (TPSA) is 111 Å². The average Bonchev–Trinajstić information content (AvgIpc) is 3.22. The highest BCUT2D eigenvalue weighted by Gasteiger charge is 2.33. The lowest BCUT2D eigenvalue weighted by Crippen LogP contribution is -2.37. The van der Waals surface area contributed by atoms with E-state index in [2.05, 4.69) is 20.1 Å². The molecule has 0 saturated carbocycles. The van der Waals surface area contributed by atoms with Gasteiger partial charge in [0.1, 0.15) is 6.33 Å². The van der Waals surface area contributed by atoms with Crippen LogP contribution in [-0.2, 0) is 9.84 Å². The number of alkyl halides is 3. The number of halogens is 4. The molecule has 0 fully saturated rings. The fourth-order valence-electron chi connectivity index (χ4n) is 3.01. The van der Waals surface area contributed by atoms with E-state index in [-0.39, 0.29) is 27.3 Å². The quantitative estimate of drug-likeness (QED) is 0.487. The maximum absolute atomic E-state index is 13.3. The van der Waals surface area contributed by atoms with Crippen molar-refractivity contribution >= 4 is 27.3 Å². The molecule has 0 aliphatic heterocycles. The monoisotopic (exact) mass is 502 g/mol. The first-order chi connectivity index (χ1) is 15.4. The van der Waals surface area contributed by atoms with E-state index in [1.807, 2.05) is 0 Å². The number of aromatic nitrogens is 5. The molecule has 176 valence electrons. The number of amides is 1. The summed E-state index contributed by atoms with van der Waals surface area (Å²) in [6.07, 6.45) is -0.845. The van der Waals surface area contributed by atoms with Crippen molar-refractivity contribution in [3.05, 3.63) is 59.4 Å². The second-order valence-corrected chi connectivity index (χ2v) is 9.52. The summed E-state index contributed by atoms with van der Waals surface area (Å²) in [7, 11) is -3.73. The van der Waals surface area contributed by atoms with Gasteiger partial charge in [0.2, 0.25) is 0 Å². The lowest BCUT2D eigenvalue weighted by molar-refractivity contribution is -0.137. The summed E-state index contributed by atoms with van der Waals surface area (Å²) in [5.74, 6) is -0.632. The molecule has 3 aromatic rings. The van der Waals surface area contributed by atoms with E-state index in [0.717, 1.165) is 29.6 Å². The van der Waals surface area contributed by atoms with Crippen molar-refractivity contribution in [2.45, 2.75) is 30.5 Å². The molecular formula is C19H18ClF3N6O3S. The van der Waals surface area contributed by atoms with Crippen molar-refractivity contribution in [1.29, 1.82) is 0 Å². The summed E-state index contributed by atoms with van der Waals surface area (Å²) in [5, 5.41) is 3.96. The van der Waals surface area contributed by atoms with Crippen LogP contribution in [0, 0.1) is 0 Å². The van der Waals surface area contributed by atoms with Gasteiger partial charge in [0.15, 0.2) is 15.7 Å². The predicted octanol–water partition coefficient (Wildman–Crippen LogP) is 3.27. The standard InChI is InChI=1S/C19H18ClF3N6O3S/c1-12(16-26-11-27-29(16)18-24-5-3-6-25-18)28(7-4-19(21,22)23)17(30)13-8-14(20)10-15(9-13)33(2,31)32/h3,5-6,8-12H,4,7H2,1-2H3. The van der Waals surface area contributed by atoms with Gasteiger partial charge in [-0.15, -0.1) is 0 Å². The van der Waals surface area contributed by atoms with Gasteiger partial charge in [0, 0.05) is 35.8 Å². The van der Waals surface area contributed by atoms with Crippen LogP contribution in [0.4, 0.5) is 13.2 Å². The molecule has 2 heterocycles. The van der Waals surface area contributed by atoms with Crippen LogP contribution in [0.2, 0.25) is 5.02 Å². The average molecular weight is 503 g/mol. The van der Waals surface area contributed by atoms with E-state index in [1.54, 1.807) is 6.07 Å². The molecule has 0 bridgehead atoms. The Morgan fingerprint density at radius 3 is 2.45 bits per heavy atom. The van der Waals surface area contributed by atoms with Crippen molar-refractivity contribution in [3.8, 4) is 5.95 Å². The Kier molecular flexibility index (Phi) is 7.03. The number of sulfone groups is 1. The fourth-order valence-corrected chi connectivity index (χ4v) is 4.00. The van der Waals surface area contributed by atoms with Gasteiger partial charge in [-0.2, -0.15) is 23.0 Å². The van der Waals surface area contributed by atoms with E-state index in [0.29, 0.717) is 0 Å². The summed E-state index contributed by atoms with van der Waals surface area (Å²) in [5.41, 5.74) is -0.182. The Balaban J connectivity index is 2.04. The highest BCUT2D eigenvalue weighted by Crippen LogP contribution is 2.28. The van der Waals surface area contributed by atoms with Gasteiger partial charge in [-0.05, 0) is 31.2 Å². The summed E-state index contributed by atoms with van der Waals surface area (Å²) >= 11 is 5.98. The zero-order valence-electron chi connectivity index (χ0n) is 17.4. The van der Waals surface area contributed by atoms with E-state index in [1.165, 1.54) is 30.1 Å². The summed E-state index contributed by atoms with van der Waals surface area (Å²) in [6, 6.07) is 3.98. The van der Waals surface area contributed by atoms with Crippen LogP contribution in [0.1, 0.15) is 35.6 Å². The molecular weight excluding hydrogens is 485 g/mol. The predicted molar refractivity (Wildman–Crippen MR) is 112 cm³/mol. The van der Waals surface area contributed by atoms with Crippen LogP contribution >= 0.6 is 11.6 Å². The van der Waals surface area contributed by atoms with Gasteiger partial charge >= 0.3 is 6.18 Å². The van der Waals surface area contributed by atoms with Crippen LogP contribution in [0.15, 0.2) is 47.9 Å². The van der Waals surface area contributed by atoms with Gasteiger partial charge in [0.25, 0.3) is 11.9 Å². The minimum Gasteiger partial charge on any atom is -0.328 e. The molecule has 9 nitrogen and oxygen atoms in total. The van der Waals surface area contributed by atoms with E-state index < -0.39 is 40.9 Å². The van der Waals surface area contributed by atoms with Crippen LogP contribution in [0.25, 0.3) is 5.95 Å². The first kappa shape index (κ1) is 24.6. The van der Waals surface area contributed by atoms with Crippen molar-refractivity contribution in [1.82, 2.24) is 29.6 Å². The third kappa shape index (κ3) is 6.05. The third-order valence-corrected chi connectivity index (χ3v) is 5.91. The number of carbonyl (C=O) groups is 1. The summed E-state index contributed by atoms with van der Waals surface area (Å²) in [6.45, 7) is 0.756. The molecule has 1 amide bonds. The Labute approximate surface area is 192 Å². The van der Waals surface area contributed by atoms with Gasteiger partial charge in [0.05, 0.1) is 17.4 Å². The molecule has 33 heavy (non-hydrogen) atoms. The molecule has 1 atom stereocenters. The summed E-state index contributed by atoms with van der Waals surface area (Å²) in [4.78, 5) is 26.2. The van der Waals surface area contributed by atoms with Gasteiger partial charge in [-0.25, -0.2) is 23.4 Å². The molecule has 1 aromatic carbocycles. The second kappa shape index (κ2) is 9.43. The third-order valence-electron chi connectivity index (χ3n) is 4.60. The van der Waals surface area contributed by atoms with Crippen molar-refractivity contribution in [3.63, 3.8) is 0 Å². The second-order valence-electron chi connectivity index (χ2n) is 7.07. The van der Waals surface area contributed by atoms with Crippen molar-refractivity contribution < 1.29 is 26.4 Å². The zero-order chi connectivity index (χ0) is 24.4. The molecule has 0 aliphatic rings. The first-order valence-electron chi connectivity index (χ1n) is 9.42. The Hall–Kier alpha value is -3.06. The first-order valence-corrected chi connectivity index (χ1v) is 11.7. The lowest BCUT2D eigenvalue weighted by Gasteiger charge is -2.29. The van der Waals surface area contributed by atoms with Crippen LogP contribution in [0.5, 0.6) is 0 Å². The SMILES string of the molecule is CC(c1ncnn1-c1ncccn1)N(CCC(F)(F)F)C(=O)c1cc(Cl)cc(S(C)(=O)=O)c1.